The maximum atomic E-state index is 13.4. The van der Waals surface area contributed by atoms with Crippen LogP contribution in [0.1, 0.15) is 176 Å². The number of halogens is 2. The van der Waals surface area contributed by atoms with Gasteiger partial charge >= 0.3 is 0 Å². The number of pyridine rings is 4. The number of hydrogen-bond donors (Lipinski definition) is 12. The van der Waals surface area contributed by atoms with Crippen molar-refractivity contribution in [2.75, 3.05) is 81.5 Å². The van der Waals surface area contributed by atoms with E-state index in [2.05, 4.69) is 193 Å². The minimum absolute atomic E-state index is 0.138. The smallest absolute Gasteiger partial charge is 0.257 e. The van der Waals surface area contributed by atoms with Crippen molar-refractivity contribution in [3.05, 3.63) is 211 Å². The summed E-state index contributed by atoms with van der Waals surface area (Å²) in [6.07, 6.45) is 31.4. The molecule has 0 bridgehead atoms. The highest BCUT2D eigenvalue weighted by atomic mass is 35.5. The standard InChI is InChI=1S/C25H29FN8O.2C22H25N7O2.C18H18ClN7O.C18H16N6O2/c1-27-22-13-20(30-24-17(14-29-34(22)24)25(35)31-21-12-19(21)26)18-15-33(23-16(18)6-5-7-28-23)11-10-32-8-3-2-4-9-32;2*1-12(2)28-11-15(13-5-4-8-24-20(13)28)17-9-19(23-3)29-21(26-17)14(10-25-29)22(31)27-16-6-7-18(16)30;1-9(2)25-8-13(11-4-10(19)6-22-17(11)25)14-5-15(21-3)26-18(24-14)12(7-23-26)16(20)27;1-19-16-7-13(10-2-5-15-14(6-10)20-9-26-15)23-17-12(8-21-24(16)17)18(25)22-11-3-4-11/h5-7,13-15,19,21,27H,2-4,8-12H2,1H3,(H,31,35);2*4-5,8-12,16,18,23,30H,6-7H2,1-3H3,(H,27,31);4-9,21H,1-3H3,(H2,20,27);2,5-9,11,19H,3-4H2,1H3,(H,22,25)/t19-,21+;16-,18+;16-,18-;;/m110../s1. The maximum absolute atomic E-state index is 13.4. The van der Waals surface area contributed by atoms with Gasteiger partial charge in [0.1, 0.15) is 91.2 Å². The number of primary amides is 1. The average Bonchev–Trinajstić information content (AvgIpc) is 1.61. The molecule has 4 saturated carbocycles. The van der Waals surface area contributed by atoms with Gasteiger partial charge in [-0.25, -0.2) is 54.2 Å². The summed E-state index contributed by atoms with van der Waals surface area (Å²) in [6.45, 7) is 16.7. The number of nitrogens with zero attached hydrogens (tertiary/aromatic N) is 25. The molecule has 0 spiro atoms. The van der Waals surface area contributed by atoms with Crippen LogP contribution in [0.2, 0.25) is 5.02 Å². The van der Waals surface area contributed by atoms with Crippen molar-refractivity contribution in [1.82, 2.24) is 142 Å². The molecule has 20 aromatic rings. The molecule has 5 fully saturated rings. The van der Waals surface area contributed by atoms with Crippen molar-refractivity contribution in [1.29, 1.82) is 0 Å². The number of rotatable bonds is 25. The zero-order valence-electron chi connectivity index (χ0n) is 84.3. The van der Waals surface area contributed by atoms with Crippen LogP contribution in [0.5, 0.6) is 0 Å². The van der Waals surface area contributed by atoms with Crippen LogP contribution in [0.4, 0.5) is 33.5 Å². The molecule has 6 atom stereocenters. The van der Waals surface area contributed by atoms with E-state index in [4.69, 9.17) is 41.7 Å². The lowest BCUT2D eigenvalue weighted by atomic mass is 9.89. The Kier molecular flexibility index (Phi) is 27.3. The van der Waals surface area contributed by atoms with E-state index in [0.717, 1.165) is 175 Å². The number of carbonyl (C=O) groups excluding carboxylic acids is 5. The number of likely N-dealkylation sites (tertiary alicyclic amines) is 1. The van der Waals surface area contributed by atoms with Crippen molar-refractivity contribution >= 4 is 154 Å². The minimum atomic E-state index is -0.972. The number of nitrogens with two attached hydrogens (primary N) is 1. The Morgan fingerprint density at radius 1 is 0.420 bits per heavy atom. The molecule has 770 valence electrons. The highest BCUT2D eigenvalue weighted by Gasteiger charge is 2.40. The monoisotopic (exact) mass is 2050 g/mol. The number of hydrogen-bond acceptors (Lipinski definition) is 29. The van der Waals surface area contributed by atoms with E-state index < -0.39 is 30.3 Å². The number of oxazole rings is 1. The number of fused-ring (bicyclic) bond motifs is 10. The predicted octanol–water partition coefficient (Wildman–Crippen LogP) is 13.9. The fraction of sp³-hybridized carbons (Fsp3) is 0.333. The van der Waals surface area contributed by atoms with Crippen LogP contribution in [0.15, 0.2) is 182 Å². The van der Waals surface area contributed by atoms with Gasteiger partial charge in [0.2, 0.25) is 0 Å². The number of piperidine rings is 1. The van der Waals surface area contributed by atoms with Crippen LogP contribution in [0.25, 0.3) is 140 Å². The molecule has 45 heteroatoms. The average molecular weight is 2050 g/mol. The summed E-state index contributed by atoms with van der Waals surface area (Å²) >= 11 is 6.19. The summed E-state index contributed by atoms with van der Waals surface area (Å²) in [4.78, 5) is 112. The minimum Gasteiger partial charge on any atom is -0.443 e. The Balaban J connectivity index is 0.000000110. The van der Waals surface area contributed by atoms with E-state index in [0.29, 0.717) is 92.1 Å². The number of carbonyl (C=O) groups is 5. The first-order valence-corrected chi connectivity index (χ1v) is 50.5. The van der Waals surface area contributed by atoms with Crippen molar-refractivity contribution in [3.8, 4) is 56.3 Å². The van der Waals surface area contributed by atoms with Crippen LogP contribution in [-0.4, -0.2) is 258 Å². The first-order valence-electron chi connectivity index (χ1n) is 50.2. The first-order chi connectivity index (χ1) is 72.7. The summed E-state index contributed by atoms with van der Waals surface area (Å²) in [6, 6.07) is 29.1. The van der Waals surface area contributed by atoms with E-state index in [-0.39, 0.29) is 65.4 Å². The zero-order chi connectivity index (χ0) is 104. The van der Waals surface area contributed by atoms with E-state index in [9.17, 15) is 38.6 Å². The molecule has 25 rings (SSSR count). The van der Waals surface area contributed by atoms with Crippen molar-refractivity contribution in [2.45, 2.75) is 173 Å². The second kappa shape index (κ2) is 41.4. The molecule has 13 N–H and O–H groups in total. The molecule has 0 unspecified atom stereocenters. The Labute approximate surface area is 861 Å². The highest BCUT2D eigenvalue weighted by Crippen LogP contribution is 2.41. The van der Waals surface area contributed by atoms with Crippen LogP contribution in [0, 0.1) is 0 Å². The molecule has 5 aliphatic rings. The molecule has 5 amide bonds. The number of aliphatic hydroxyl groups is 2. The number of amides is 5. The van der Waals surface area contributed by atoms with Crippen molar-refractivity contribution in [3.63, 3.8) is 0 Å². The predicted molar refractivity (Wildman–Crippen MR) is 570 cm³/mol. The molecule has 4 aliphatic carbocycles. The van der Waals surface area contributed by atoms with Gasteiger partial charge in [0, 0.05) is 208 Å². The summed E-state index contributed by atoms with van der Waals surface area (Å²) in [7, 11) is 9.01. The number of benzene rings is 1. The third-order valence-corrected chi connectivity index (χ3v) is 28.1. The number of aromatic nitrogens is 24. The van der Waals surface area contributed by atoms with Gasteiger partial charge in [0.05, 0.1) is 94.8 Å². The third kappa shape index (κ3) is 19.3. The molecule has 1 aromatic carbocycles. The maximum Gasteiger partial charge on any atom is 0.257 e. The third-order valence-electron chi connectivity index (χ3n) is 27.9. The SMILES string of the molecule is CNc1cc(-c2ccc3ocnc3c2)nc2c(C(=O)NC3CC3)cnn12.CNc1cc(-c2cn(C(C)C)c3ncc(Cl)cc23)nc2c(C(N)=O)cnn12.CNc1cc(-c2cn(C(C)C)c3ncccc23)nc2c(C(=O)N[C@@H]3CC[C@@H]3O)cnn12.CNc1cc(-c2cn(C(C)C)c3ncccc23)nc2c(C(=O)N[C@H]3CC[C@@H]3O)cnn12.CNc1cc(-c2cn(CCN3CCCCC3)c3ncccc23)nc2c(C(=O)N[C@H]3C[C@H]3F)cnn12. The van der Waals surface area contributed by atoms with E-state index in [1.807, 2.05) is 118 Å². The van der Waals surface area contributed by atoms with Crippen LogP contribution in [-0.2, 0) is 6.54 Å². The number of anilines is 5. The van der Waals surface area contributed by atoms with E-state index in [1.54, 1.807) is 61.5 Å². The summed E-state index contributed by atoms with van der Waals surface area (Å²) < 4.78 is 35.2. The molecule has 20 heterocycles. The fourth-order valence-corrected chi connectivity index (χ4v) is 19.2. The van der Waals surface area contributed by atoms with Gasteiger partial charge < -0.3 is 91.4 Å². The van der Waals surface area contributed by atoms with Crippen LogP contribution >= 0.6 is 11.6 Å². The lowest BCUT2D eigenvalue weighted by Gasteiger charge is -2.32. The Hall–Kier alpha value is -17.0. The second-order valence-corrected chi connectivity index (χ2v) is 39.1. The van der Waals surface area contributed by atoms with Gasteiger partial charge in [-0.1, -0.05) is 18.0 Å². The topological polar surface area (TPSA) is 512 Å². The van der Waals surface area contributed by atoms with Gasteiger partial charge in [-0.15, -0.1) is 0 Å². The molecule has 43 nitrogen and oxygen atoms in total. The van der Waals surface area contributed by atoms with Crippen LogP contribution < -0.4 is 53.6 Å². The molecule has 19 aromatic heterocycles. The molecule has 1 saturated heterocycles. The lowest BCUT2D eigenvalue weighted by molar-refractivity contribution is 0.0448. The molecular formula is C105H113ClFN35O8. The summed E-state index contributed by atoms with van der Waals surface area (Å²) in [5.74, 6) is 1.94. The van der Waals surface area contributed by atoms with Gasteiger partial charge in [-0.05, 0) is 167 Å². The molecule has 150 heavy (non-hydrogen) atoms. The van der Waals surface area contributed by atoms with Gasteiger partial charge in [0.25, 0.3) is 29.5 Å². The molecular weight excluding hydrogens is 1930 g/mol. The van der Waals surface area contributed by atoms with Gasteiger partial charge in [0.15, 0.2) is 40.2 Å². The summed E-state index contributed by atoms with van der Waals surface area (Å²) in [5, 5.41) is 72.8. The number of aliphatic hydroxyl groups excluding tert-OH is 2. The summed E-state index contributed by atoms with van der Waals surface area (Å²) in [5.41, 5.74) is 22.7. The Bertz CT molecular complexity index is 8390. The normalized spacial score (nSPS) is 16.9. The van der Waals surface area contributed by atoms with Crippen molar-refractivity contribution in [2.24, 2.45) is 5.73 Å². The molecule has 0 radical (unpaired) electrons. The lowest BCUT2D eigenvalue weighted by Crippen LogP contribution is -2.50. The van der Waals surface area contributed by atoms with Gasteiger partial charge in [-0.3, -0.25) is 24.0 Å². The molecule has 1 aliphatic heterocycles. The second-order valence-electron chi connectivity index (χ2n) is 38.7. The van der Waals surface area contributed by atoms with Gasteiger partial charge in [-0.2, -0.15) is 48.1 Å². The number of nitrogens with one attached hydrogen (secondary N) is 9. The fourth-order valence-electron chi connectivity index (χ4n) is 19.1. The Morgan fingerprint density at radius 3 is 1.20 bits per heavy atom. The Morgan fingerprint density at radius 2 is 0.800 bits per heavy atom. The first kappa shape index (κ1) is 99.0. The van der Waals surface area contributed by atoms with Crippen molar-refractivity contribution < 1.29 is 43.0 Å². The van der Waals surface area contributed by atoms with E-state index >= 15 is 0 Å². The van der Waals surface area contributed by atoms with Crippen LogP contribution in [0.3, 0.4) is 0 Å². The highest BCUT2D eigenvalue weighted by molar-refractivity contribution is 6.31. The number of alkyl halides is 1. The van der Waals surface area contributed by atoms with E-state index in [1.165, 1.54) is 50.4 Å². The largest absolute Gasteiger partial charge is 0.443 e. The zero-order valence-corrected chi connectivity index (χ0v) is 85.0. The quantitative estimate of drug-likeness (QED) is 0.0253.